The Bertz CT molecular complexity index is 766. The zero-order valence-corrected chi connectivity index (χ0v) is 18.4. The highest BCUT2D eigenvalue weighted by molar-refractivity contribution is 5.79. The molecule has 0 aliphatic heterocycles. The first kappa shape index (κ1) is 23.5. The topological polar surface area (TPSA) is 75.1 Å². The average molecular weight is 414 g/mol. The molecule has 0 fully saturated rings. The van der Waals surface area contributed by atoms with Gasteiger partial charge in [-0.05, 0) is 49.9 Å². The van der Waals surface area contributed by atoms with Crippen LogP contribution in [0.2, 0.25) is 0 Å². The molecule has 164 valence electrons. The van der Waals surface area contributed by atoms with Gasteiger partial charge in [-0.2, -0.15) is 0 Å². The third-order valence-electron chi connectivity index (χ3n) is 4.77. The first-order valence-electron chi connectivity index (χ1n) is 10.7. The fourth-order valence-corrected chi connectivity index (χ4v) is 3.18. The molecular weight excluding hydrogens is 378 g/mol. The Balaban J connectivity index is 1.87. The second-order valence-corrected chi connectivity index (χ2v) is 6.96. The molecule has 30 heavy (non-hydrogen) atoms. The molecule has 0 aliphatic carbocycles. The third kappa shape index (κ3) is 7.59. The van der Waals surface area contributed by atoms with E-state index in [9.17, 15) is 5.11 Å². The lowest BCUT2D eigenvalue weighted by Crippen LogP contribution is -2.38. The van der Waals surface area contributed by atoms with Gasteiger partial charge in [0.25, 0.3) is 0 Å². The number of aliphatic imine (C=N–C) groups is 1. The maximum absolute atomic E-state index is 9.73. The van der Waals surface area contributed by atoms with Gasteiger partial charge in [0.05, 0.1) is 26.9 Å². The highest BCUT2D eigenvalue weighted by Gasteiger charge is 2.10. The predicted octanol–water partition coefficient (Wildman–Crippen LogP) is 3.36. The van der Waals surface area contributed by atoms with Crippen LogP contribution in [0.1, 0.15) is 37.3 Å². The van der Waals surface area contributed by atoms with Crippen LogP contribution < -0.4 is 20.1 Å². The quantitative estimate of drug-likeness (QED) is 0.283. The smallest absolute Gasteiger partial charge is 0.191 e. The standard InChI is InChI=1S/C24H35N3O3/c1-4-25-24(27-17-21(18-28)20-11-7-6-8-12-20)26-15-9-10-19-13-14-22(29-3)23(16-19)30-5-2/h6-8,11-14,16,21,28H,4-5,9-10,15,17-18H2,1-3H3,(H2,25,26,27). The summed E-state index contributed by atoms with van der Waals surface area (Å²) >= 11 is 0. The summed E-state index contributed by atoms with van der Waals surface area (Å²) < 4.78 is 11.0. The zero-order chi connectivity index (χ0) is 21.6. The molecule has 0 saturated carbocycles. The van der Waals surface area contributed by atoms with Gasteiger partial charge in [0.2, 0.25) is 0 Å². The van der Waals surface area contributed by atoms with Gasteiger partial charge in [0.15, 0.2) is 17.5 Å². The van der Waals surface area contributed by atoms with E-state index in [0.717, 1.165) is 49.0 Å². The lowest BCUT2D eigenvalue weighted by atomic mass is 10.0. The van der Waals surface area contributed by atoms with Crippen molar-refractivity contribution in [1.82, 2.24) is 10.6 Å². The van der Waals surface area contributed by atoms with Crippen molar-refractivity contribution in [2.45, 2.75) is 32.6 Å². The third-order valence-corrected chi connectivity index (χ3v) is 4.77. The largest absolute Gasteiger partial charge is 0.493 e. The molecule has 1 unspecified atom stereocenters. The van der Waals surface area contributed by atoms with Gasteiger partial charge in [-0.3, -0.25) is 4.99 Å². The van der Waals surface area contributed by atoms with Crippen molar-refractivity contribution in [3.63, 3.8) is 0 Å². The predicted molar refractivity (Wildman–Crippen MR) is 123 cm³/mol. The molecular formula is C24H35N3O3. The first-order chi connectivity index (χ1) is 14.7. The number of aliphatic hydroxyl groups excluding tert-OH is 1. The van der Waals surface area contributed by atoms with Crippen molar-refractivity contribution >= 4 is 5.96 Å². The van der Waals surface area contributed by atoms with E-state index in [1.165, 1.54) is 5.56 Å². The number of aliphatic hydroxyl groups is 1. The Hall–Kier alpha value is -2.73. The van der Waals surface area contributed by atoms with E-state index < -0.39 is 0 Å². The highest BCUT2D eigenvalue weighted by Crippen LogP contribution is 2.28. The molecule has 2 aromatic carbocycles. The van der Waals surface area contributed by atoms with E-state index in [1.54, 1.807) is 7.11 Å². The minimum Gasteiger partial charge on any atom is -0.493 e. The number of nitrogens with one attached hydrogen (secondary N) is 2. The zero-order valence-electron chi connectivity index (χ0n) is 18.4. The fraction of sp³-hybridized carbons (Fsp3) is 0.458. The molecule has 1 atom stereocenters. The Morgan fingerprint density at radius 3 is 2.53 bits per heavy atom. The summed E-state index contributed by atoms with van der Waals surface area (Å²) in [6.45, 7) is 6.83. The summed E-state index contributed by atoms with van der Waals surface area (Å²) in [6, 6.07) is 16.1. The van der Waals surface area contributed by atoms with E-state index in [4.69, 9.17) is 9.47 Å². The van der Waals surface area contributed by atoms with Crippen LogP contribution in [0.15, 0.2) is 53.5 Å². The average Bonchev–Trinajstić information content (AvgIpc) is 2.78. The van der Waals surface area contributed by atoms with Crippen LogP contribution in [-0.4, -0.2) is 51.0 Å². The number of nitrogens with zero attached hydrogens (tertiary/aromatic N) is 1. The molecule has 2 aromatic rings. The van der Waals surface area contributed by atoms with Crippen LogP contribution in [0.5, 0.6) is 11.5 Å². The number of hydrogen-bond acceptors (Lipinski definition) is 4. The van der Waals surface area contributed by atoms with Crippen molar-refractivity contribution in [2.24, 2.45) is 4.99 Å². The lowest BCUT2D eigenvalue weighted by Gasteiger charge is -2.15. The van der Waals surface area contributed by atoms with Gasteiger partial charge in [-0.15, -0.1) is 0 Å². The molecule has 0 radical (unpaired) electrons. The maximum atomic E-state index is 9.73. The van der Waals surface area contributed by atoms with Gasteiger partial charge >= 0.3 is 0 Å². The Morgan fingerprint density at radius 1 is 1.07 bits per heavy atom. The van der Waals surface area contributed by atoms with Crippen molar-refractivity contribution < 1.29 is 14.6 Å². The Morgan fingerprint density at radius 2 is 1.87 bits per heavy atom. The molecule has 0 saturated heterocycles. The van der Waals surface area contributed by atoms with Crippen LogP contribution in [0, 0.1) is 0 Å². The Labute approximate surface area is 180 Å². The molecule has 0 heterocycles. The molecule has 6 nitrogen and oxygen atoms in total. The summed E-state index contributed by atoms with van der Waals surface area (Å²) in [5.41, 5.74) is 2.32. The normalized spacial score (nSPS) is 12.3. The number of hydrogen-bond donors (Lipinski definition) is 3. The second-order valence-electron chi connectivity index (χ2n) is 6.96. The molecule has 0 spiro atoms. The fourth-order valence-electron chi connectivity index (χ4n) is 3.18. The van der Waals surface area contributed by atoms with Gasteiger partial charge in [0, 0.05) is 19.0 Å². The molecule has 0 amide bonds. The maximum Gasteiger partial charge on any atom is 0.191 e. The van der Waals surface area contributed by atoms with Crippen LogP contribution in [0.25, 0.3) is 0 Å². The monoisotopic (exact) mass is 413 g/mol. The molecule has 3 N–H and O–H groups in total. The lowest BCUT2D eigenvalue weighted by molar-refractivity contribution is 0.268. The summed E-state index contributed by atoms with van der Waals surface area (Å²) in [4.78, 5) is 4.66. The number of rotatable bonds is 12. The minimum atomic E-state index is -0.00191. The van der Waals surface area contributed by atoms with Gasteiger partial charge in [-0.25, -0.2) is 0 Å². The highest BCUT2D eigenvalue weighted by atomic mass is 16.5. The van der Waals surface area contributed by atoms with E-state index >= 15 is 0 Å². The van der Waals surface area contributed by atoms with Crippen molar-refractivity contribution in [3.8, 4) is 11.5 Å². The number of methoxy groups -OCH3 is 1. The van der Waals surface area contributed by atoms with E-state index in [-0.39, 0.29) is 12.5 Å². The molecule has 0 bridgehead atoms. The molecule has 0 aliphatic rings. The summed E-state index contributed by atoms with van der Waals surface area (Å²) in [5.74, 6) is 2.32. The SMILES string of the molecule is CCNC(=NCC(CO)c1ccccc1)NCCCc1ccc(OC)c(OCC)c1. The molecule has 0 aromatic heterocycles. The van der Waals surface area contributed by atoms with Gasteiger partial charge < -0.3 is 25.2 Å². The number of guanidine groups is 1. The van der Waals surface area contributed by atoms with Gasteiger partial charge in [0.1, 0.15) is 0 Å². The van der Waals surface area contributed by atoms with E-state index in [0.29, 0.717) is 13.2 Å². The Kier molecular flexibility index (Phi) is 10.6. The number of benzene rings is 2. The van der Waals surface area contributed by atoms with Crippen molar-refractivity contribution in [3.05, 3.63) is 59.7 Å². The number of ether oxygens (including phenoxy) is 2. The van der Waals surface area contributed by atoms with Crippen LogP contribution >= 0.6 is 0 Å². The number of aryl methyl sites for hydroxylation is 1. The molecule has 6 heteroatoms. The first-order valence-corrected chi connectivity index (χ1v) is 10.7. The van der Waals surface area contributed by atoms with Crippen molar-refractivity contribution in [2.75, 3.05) is 40.0 Å². The van der Waals surface area contributed by atoms with Crippen molar-refractivity contribution in [1.29, 1.82) is 0 Å². The van der Waals surface area contributed by atoms with Crippen LogP contribution in [0.3, 0.4) is 0 Å². The van der Waals surface area contributed by atoms with E-state index in [2.05, 4.69) is 21.7 Å². The summed E-state index contributed by atoms with van der Waals surface area (Å²) in [7, 11) is 1.65. The van der Waals surface area contributed by atoms with Gasteiger partial charge in [-0.1, -0.05) is 36.4 Å². The van der Waals surface area contributed by atoms with Crippen LogP contribution in [0.4, 0.5) is 0 Å². The molecule has 2 rings (SSSR count). The summed E-state index contributed by atoms with van der Waals surface area (Å²) in [6.07, 6.45) is 1.89. The minimum absolute atomic E-state index is 0.00191. The summed E-state index contributed by atoms with van der Waals surface area (Å²) in [5, 5.41) is 16.4. The van der Waals surface area contributed by atoms with E-state index in [1.807, 2.05) is 56.3 Å². The van der Waals surface area contributed by atoms with Crippen LogP contribution in [-0.2, 0) is 6.42 Å². The second kappa shape index (κ2) is 13.5.